The standard InChI is InChI=1S/C7H9F2N3O2/c1-14-7(13)5-6(10)12(3-11-5)2-4(8)9/h3-4H,2,10H2,1H3. The van der Waals surface area contributed by atoms with E-state index in [1.54, 1.807) is 0 Å². The van der Waals surface area contributed by atoms with Gasteiger partial charge in [-0.15, -0.1) is 0 Å². The van der Waals surface area contributed by atoms with E-state index in [-0.39, 0.29) is 11.5 Å². The topological polar surface area (TPSA) is 70.1 Å². The van der Waals surface area contributed by atoms with E-state index in [1.165, 1.54) is 0 Å². The first-order chi connectivity index (χ1) is 6.56. The van der Waals surface area contributed by atoms with Crippen LogP contribution < -0.4 is 5.73 Å². The average Bonchev–Trinajstić information content (AvgIpc) is 2.46. The number of nitrogen functional groups attached to an aromatic ring is 1. The van der Waals surface area contributed by atoms with Crippen LogP contribution in [0.25, 0.3) is 0 Å². The second-order valence-corrected chi connectivity index (χ2v) is 2.51. The van der Waals surface area contributed by atoms with Crippen molar-refractivity contribution in [1.29, 1.82) is 0 Å². The average molecular weight is 205 g/mol. The van der Waals surface area contributed by atoms with Crippen molar-refractivity contribution >= 4 is 11.8 Å². The summed E-state index contributed by atoms with van der Waals surface area (Å²) >= 11 is 0. The van der Waals surface area contributed by atoms with E-state index in [4.69, 9.17) is 5.73 Å². The number of alkyl halides is 2. The number of methoxy groups -OCH3 is 1. The SMILES string of the molecule is COC(=O)c1ncn(CC(F)F)c1N. The van der Waals surface area contributed by atoms with E-state index in [0.717, 1.165) is 18.0 Å². The van der Waals surface area contributed by atoms with Gasteiger partial charge >= 0.3 is 5.97 Å². The summed E-state index contributed by atoms with van der Waals surface area (Å²) in [6.45, 7) is -0.587. The van der Waals surface area contributed by atoms with Gasteiger partial charge in [-0.1, -0.05) is 0 Å². The number of nitrogens with zero attached hydrogens (tertiary/aromatic N) is 2. The molecular weight excluding hydrogens is 196 g/mol. The summed E-state index contributed by atoms with van der Waals surface area (Å²) in [4.78, 5) is 14.5. The normalized spacial score (nSPS) is 10.6. The van der Waals surface area contributed by atoms with Gasteiger partial charge < -0.3 is 15.0 Å². The van der Waals surface area contributed by atoms with Crippen LogP contribution in [0.4, 0.5) is 14.6 Å². The molecule has 14 heavy (non-hydrogen) atoms. The molecular formula is C7H9F2N3O2. The molecule has 0 saturated heterocycles. The molecule has 7 heteroatoms. The van der Waals surface area contributed by atoms with E-state index in [0.29, 0.717) is 0 Å². The maximum atomic E-state index is 12.0. The van der Waals surface area contributed by atoms with Crippen LogP contribution in [0, 0.1) is 0 Å². The van der Waals surface area contributed by atoms with Gasteiger partial charge in [-0.05, 0) is 0 Å². The van der Waals surface area contributed by atoms with Crippen molar-refractivity contribution in [2.45, 2.75) is 13.0 Å². The predicted molar refractivity (Wildman–Crippen MR) is 44.0 cm³/mol. The van der Waals surface area contributed by atoms with Gasteiger partial charge in [-0.2, -0.15) is 0 Å². The van der Waals surface area contributed by atoms with Crippen molar-refractivity contribution in [2.75, 3.05) is 12.8 Å². The van der Waals surface area contributed by atoms with Gasteiger partial charge in [0.05, 0.1) is 20.0 Å². The summed E-state index contributed by atoms with van der Waals surface area (Å²) in [5.41, 5.74) is 5.25. The highest BCUT2D eigenvalue weighted by atomic mass is 19.3. The van der Waals surface area contributed by atoms with E-state index in [9.17, 15) is 13.6 Å². The van der Waals surface area contributed by atoms with Gasteiger partial charge in [0, 0.05) is 0 Å². The van der Waals surface area contributed by atoms with Crippen molar-refractivity contribution in [1.82, 2.24) is 9.55 Å². The van der Waals surface area contributed by atoms with E-state index in [1.807, 2.05) is 0 Å². The largest absolute Gasteiger partial charge is 0.464 e. The lowest BCUT2D eigenvalue weighted by atomic mass is 10.4. The molecule has 0 aliphatic carbocycles. The third-order valence-corrected chi connectivity index (χ3v) is 1.59. The van der Waals surface area contributed by atoms with Gasteiger partial charge in [-0.3, -0.25) is 0 Å². The molecule has 0 atom stereocenters. The Hall–Kier alpha value is -1.66. The molecule has 0 amide bonds. The van der Waals surface area contributed by atoms with Crippen LogP contribution in [0.1, 0.15) is 10.5 Å². The van der Waals surface area contributed by atoms with E-state index >= 15 is 0 Å². The van der Waals surface area contributed by atoms with Crippen molar-refractivity contribution in [2.24, 2.45) is 0 Å². The first-order valence-electron chi connectivity index (χ1n) is 3.73. The second-order valence-electron chi connectivity index (χ2n) is 2.51. The fourth-order valence-electron chi connectivity index (χ4n) is 0.940. The molecule has 0 aliphatic heterocycles. The lowest BCUT2D eigenvalue weighted by Gasteiger charge is -2.03. The van der Waals surface area contributed by atoms with Crippen molar-refractivity contribution < 1.29 is 18.3 Å². The highest BCUT2D eigenvalue weighted by Crippen LogP contribution is 2.12. The number of rotatable bonds is 3. The summed E-state index contributed by atoms with van der Waals surface area (Å²) in [6.07, 6.45) is -1.47. The summed E-state index contributed by atoms with van der Waals surface area (Å²) in [5, 5.41) is 0. The van der Waals surface area contributed by atoms with Crippen LogP contribution in [0.5, 0.6) is 0 Å². The number of carbonyl (C=O) groups excluding carboxylic acids is 1. The number of nitrogens with two attached hydrogens (primary N) is 1. The lowest BCUT2D eigenvalue weighted by molar-refractivity contribution is 0.0595. The summed E-state index contributed by atoms with van der Waals surface area (Å²) < 4.78 is 29.3. The molecule has 1 aromatic rings. The molecule has 2 N–H and O–H groups in total. The zero-order valence-electron chi connectivity index (χ0n) is 7.41. The number of halogens is 2. The van der Waals surface area contributed by atoms with E-state index in [2.05, 4.69) is 9.72 Å². The van der Waals surface area contributed by atoms with Gasteiger partial charge in [0.1, 0.15) is 5.82 Å². The number of anilines is 1. The minimum atomic E-state index is -2.54. The Morgan fingerprint density at radius 1 is 1.79 bits per heavy atom. The third-order valence-electron chi connectivity index (χ3n) is 1.59. The molecule has 78 valence electrons. The van der Waals surface area contributed by atoms with Crippen molar-refractivity contribution in [3.05, 3.63) is 12.0 Å². The van der Waals surface area contributed by atoms with Crippen LogP contribution in [0.15, 0.2) is 6.33 Å². The molecule has 1 aromatic heterocycles. The first kappa shape index (κ1) is 10.4. The van der Waals surface area contributed by atoms with Crippen LogP contribution in [-0.2, 0) is 11.3 Å². The van der Waals surface area contributed by atoms with Crippen LogP contribution in [0.3, 0.4) is 0 Å². The summed E-state index contributed by atoms with van der Waals surface area (Å²) in [7, 11) is 1.16. The Morgan fingerprint density at radius 2 is 2.43 bits per heavy atom. The monoisotopic (exact) mass is 205 g/mol. The Bertz CT molecular complexity index is 338. The zero-order valence-corrected chi connectivity index (χ0v) is 7.41. The summed E-state index contributed by atoms with van der Waals surface area (Å²) in [5.74, 6) is -0.854. The molecule has 5 nitrogen and oxygen atoms in total. The highest BCUT2D eigenvalue weighted by molar-refractivity contribution is 5.91. The zero-order chi connectivity index (χ0) is 10.7. The minimum absolute atomic E-state index is 0.114. The molecule has 0 saturated carbocycles. The van der Waals surface area contributed by atoms with Gasteiger partial charge in [0.2, 0.25) is 0 Å². The third kappa shape index (κ3) is 1.98. The Morgan fingerprint density at radius 3 is 2.93 bits per heavy atom. The smallest absolute Gasteiger partial charge is 0.360 e. The van der Waals surface area contributed by atoms with Crippen molar-refractivity contribution in [3.63, 3.8) is 0 Å². The number of carbonyl (C=O) groups is 1. The van der Waals surface area contributed by atoms with Gasteiger partial charge in [0.25, 0.3) is 6.43 Å². The molecule has 0 aliphatic rings. The minimum Gasteiger partial charge on any atom is -0.464 e. The first-order valence-corrected chi connectivity index (χ1v) is 3.73. The molecule has 0 radical (unpaired) electrons. The number of imidazole rings is 1. The summed E-state index contributed by atoms with van der Waals surface area (Å²) in [6, 6.07) is 0. The number of ether oxygens (including phenoxy) is 1. The number of hydrogen-bond donors (Lipinski definition) is 1. The maximum absolute atomic E-state index is 12.0. The molecule has 0 bridgehead atoms. The Labute approximate surface area is 78.5 Å². The molecule has 0 aromatic carbocycles. The highest BCUT2D eigenvalue weighted by Gasteiger charge is 2.17. The second kappa shape index (κ2) is 4.03. The molecule has 0 spiro atoms. The molecule has 1 rings (SSSR count). The molecule has 1 heterocycles. The fourth-order valence-corrected chi connectivity index (χ4v) is 0.940. The lowest BCUT2D eigenvalue weighted by Crippen LogP contribution is -2.11. The number of esters is 1. The quantitative estimate of drug-likeness (QED) is 0.730. The van der Waals surface area contributed by atoms with Crippen molar-refractivity contribution in [3.8, 4) is 0 Å². The molecule has 0 unspecified atom stereocenters. The fraction of sp³-hybridized carbons (Fsp3) is 0.429. The molecule has 0 fully saturated rings. The van der Waals surface area contributed by atoms with Crippen LogP contribution in [-0.4, -0.2) is 29.1 Å². The van der Waals surface area contributed by atoms with Crippen LogP contribution >= 0.6 is 0 Å². The van der Waals surface area contributed by atoms with E-state index < -0.39 is 18.9 Å². The van der Waals surface area contributed by atoms with Gasteiger partial charge in [-0.25, -0.2) is 18.6 Å². The van der Waals surface area contributed by atoms with Gasteiger partial charge in [0.15, 0.2) is 5.69 Å². The Kier molecular flexibility index (Phi) is 3.00. The maximum Gasteiger partial charge on any atom is 0.360 e. The Balaban J connectivity index is 2.90. The van der Waals surface area contributed by atoms with Crippen LogP contribution in [0.2, 0.25) is 0 Å². The number of hydrogen-bond acceptors (Lipinski definition) is 4. The predicted octanol–water partition coefficient (Wildman–Crippen LogP) is 0.517. The number of aromatic nitrogens is 2.